The summed E-state index contributed by atoms with van der Waals surface area (Å²) in [4.78, 5) is 2.33. The lowest BCUT2D eigenvalue weighted by Crippen LogP contribution is -2.53. The summed E-state index contributed by atoms with van der Waals surface area (Å²) >= 11 is 0. The normalized spacial score (nSPS) is 17.3. The highest BCUT2D eigenvalue weighted by molar-refractivity contribution is 7.87. The van der Waals surface area contributed by atoms with Crippen molar-refractivity contribution < 1.29 is 13.2 Å². The number of piperazine rings is 1. The zero-order valence-corrected chi connectivity index (χ0v) is 15.7. The summed E-state index contributed by atoms with van der Waals surface area (Å²) < 4.78 is 33.9. The lowest BCUT2D eigenvalue weighted by Gasteiger charge is -2.34. The summed E-state index contributed by atoms with van der Waals surface area (Å²) in [6.07, 6.45) is 2.01. The zero-order chi connectivity index (χ0) is 17.6. The van der Waals surface area contributed by atoms with Crippen LogP contribution >= 0.6 is 0 Å². The standard InChI is InChI=1S/C17H29N3O3S/c1-15(2)18-24(21,22)20-13-11-19(12-14-20)10-6-8-16-7-4-5-9-17(16)23-3/h4-5,7,9,15,18H,6,8,10-14H2,1-3H3. The van der Waals surface area contributed by atoms with Crippen LogP contribution in [0, 0.1) is 0 Å². The number of aryl methyl sites for hydroxylation is 1. The van der Waals surface area contributed by atoms with Gasteiger partial charge >= 0.3 is 0 Å². The number of benzene rings is 1. The Morgan fingerprint density at radius 3 is 2.46 bits per heavy atom. The number of ether oxygens (including phenoxy) is 1. The van der Waals surface area contributed by atoms with E-state index in [2.05, 4.69) is 15.7 Å². The zero-order valence-electron chi connectivity index (χ0n) is 14.9. The number of methoxy groups -OCH3 is 1. The van der Waals surface area contributed by atoms with Crippen LogP contribution in [0.3, 0.4) is 0 Å². The summed E-state index contributed by atoms with van der Waals surface area (Å²) in [5.74, 6) is 0.938. The Hall–Kier alpha value is -1.15. The summed E-state index contributed by atoms with van der Waals surface area (Å²) in [7, 11) is -1.64. The van der Waals surface area contributed by atoms with E-state index in [9.17, 15) is 8.42 Å². The molecule has 1 heterocycles. The predicted molar refractivity (Wildman–Crippen MR) is 96.5 cm³/mol. The van der Waals surface area contributed by atoms with E-state index in [1.165, 1.54) is 5.56 Å². The second-order valence-corrected chi connectivity index (χ2v) is 8.14. The average molecular weight is 356 g/mol. The number of para-hydroxylation sites is 1. The minimum absolute atomic E-state index is 0.0751. The minimum Gasteiger partial charge on any atom is -0.496 e. The molecule has 1 aromatic carbocycles. The van der Waals surface area contributed by atoms with Gasteiger partial charge in [0.05, 0.1) is 7.11 Å². The molecule has 0 aliphatic carbocycles. The minimum atomic E-state index is -3.34. The van der Waals surface area contributed by atoms with Gasteiger partial charge in [-0.15, -0.1) is 0 Å². The van der Waals surface area contributed by atoms with Crippen LogP contribution in [-0.4, -0.2) is 63.5 Å². The fourth-order valence-corrected chi connectivity index (χ4v) is 4.36. The highest BCUT2D eigenvalue weighted by Gasteiger charge is 2.26. The Labute approximate surface area is 146 Å². The van der Waals surface area contributed by atoms with Crippen molar-refractivity contribution in [3.63, 3.8) is 0 Å². The molecule has 24 heavy (non-hydrogen) atoms. The fraction of sp³-hybridized carbons (Fsp3) is 0.647. The van der Waals surface area contributed by atoms with Crippen LogP contribution in [0.25, 0.3) is 0 Å². The molecule has 0 saturated carbocycles. The molecule has 7 heteroatoms. The van der Waals surface area contributed by atoms with Crippen LogP contribution in [0.4, 0.5) is 0 Å². The van der Waals surface area contributed by atoms with Gasteiger partial charge in [0.1, 0.15) is 5.75 Å². The maximum absolute atomic E-state index is 12.2. The molecule has 0 unspecified atom stereocenters. The van der Waals surface area contributed by atoms with Gasteiger partial charge in [-0.2, -0.15) is 17.4 Å². The first-order valence-electron chi connectivity index (χ1n) is 8.54. The lowest BCUT2D eigenvalue weighted by atomic mass is 10.1. The van der Waals surface area contributed by atoms with Gasteiger partial charge in [0.2, 0.25) is 0 Å². The first-order chi connectivity index (χ1) is 11.4. The second kappa shape index (κ2) is 8.80. The van der Waals surface area contributed by atoms with Gasteiger partial charge in [0, 0.05) is 32.2 Å². The van der Waals surface area contributed by atoms with Gasteiger partial charge in [0.15, 0.2) is 0 Å². The molecule has 1 aliphatic heterocycles. The molecule has 1 aromatic rings. The van der Waals surface area contributed by atoms with Crippen LogP contribution in [0.1, 0.15) is 25.8 Å². The molecule has 136 valence electrons. The van der Waals surface area contributed by atoms with Crippen LogP contribution in [-0.2, 0) is 16.6 Å². The fourth-order valence-electron chi connectivity index (χ4n) is 2.97. The summed E-state index contributed by atoms with van der Waals surface area (Å²) in [5.41, 5.74) is 1.22. The lowest BCUT2D eigenvalue weighted by molar-refractivity contribution is 0.185. The molecule has 0 amide bonds. The third kappa shape index (κ3) is 5.44. The van der Waals surface area contributed by atoms with E-state index in [1.807, 2.05) is 32.0 Å². The third-order valence-corrected chi connectivity index (χ3v) is 5.98. The number of hydrogen-bond donors (Lipinski definition) is 1. The molecule has 0 atom stereocenters. The van der Waals surface area contributed by atoms with Crippen molar-refractivity contribution >= 4 is 10.2 Å². The van der Waals surface area contributed by atoms with Crippen molar-refractivity contribution in [2.24, 2.45) is 0 Å². The number of nitrogens with one attached hydrogen (secondary N) is 1. The SMILES string of the molecule is COc1ccccc1CCCN1CCN(S(=O)(=O)NC(C)C)CC1. The quantitative estimate of drug-likeness (QED) is 0.767. The predicted octanol–water partition coefficient (Wildman–Crippen LogP) is 1.49. The number of nitrogens with zero attached hydrogens (tertiary/aromatic N) is 2. The van der Waals surface area contributed by atoms with Gasteiger partial charge in [-0.1, -0.05) is 18.2 Å². The molecule has 1 N–H and O–H groups in total. The van der Waals surface area contributed by atoms with Crippen molar-refractivity contribution in [1.29, 1.82) is 0 Å². The molecule has 1 aliphatic rings. The summed E-state index contributed by atoms with van der Waals surface area (Å²) in [6.45, 7) is 7.32. The van der Waals surface area contributed by atoms with Gasteiger partial charge in [-0.3, -0.25) is 0 Å². The molecule has 6 nitrogen and oxygen atoms in total. The Bertz CT molecular complexity index is 611. The van der Waals surface area contributed by atoms with E-state index in [1.54, 1.807) is 11.4 Å². The first-order valence-corrected chi connectivity index (χ1v) is 9.98. The molecule has 1 saturated heterocycles. The highest BCUT2D eigenvalue weighted by atomic mass is 32.2. The Morgan fingerprint density at radius 1 is 1.17 bits per heavy atom. The Kier molecular flexibility index (Phi) is 7.03. The van der Waals surface area contributed by atoms with Crippen LogP contribution in [0.15, 0.2) is 24.3 Å². The maximum atomic E-state index is 12.2. The van der Waals surface area contributed by atoms with Crippen LogP contribution < -0.4 is 9.46 Å². The van der Waals surface area contributed by atoms with Gasteiger partial charge < -0.3 is 9.64 Å². The molecular formula is C17H29N3O3S. The van der Waals surface area contributed by atoms with Crippen molar-refractivity contribution in [3.8, 4) is 5.75 Å². The van der Waals surface area contributed by atoms with Crippen LogP contribution in [0.2, 0.25) is 0 Å². The Balaban J connectivity index is 1.75. The molecule has 0 spiro atoms. The summed E-state index contributed by atoms with van der Waals surface area (Å²) in [6, 6.07) is 8.02. The average Bonchev–Trinajstić information content (AvgIpc) is 2.54. The molecule has 1 fully saturated rings. The second-order valence-electron chi connectivity index (χ2n) is 6.43. The van der Waals surface area contributed by atoms with Gasteiger partial charge in [-0.05, 0) is 44.9 Å². The topological polar surface area (TPSA) is 61.9 Å². The van der Waals surface area contributed by atoms with E-state index >= 15 is 0 Å². The first kappa shape index (κ1) is 19.2. The molecule has 0 aromatic heterocycles. The highest BCUT2D eigenvalue weighted by Crippen LogP contribution is 2.19. The van der Waals surface area contributed by atoms with Crippen LogP contribution in [0.5, 0.6) is 5.75 Å². The van der Waals surface area contributed by atoms with Crippen molar-refractivity contribution in [2.75, 3.05) is 39.8 Å². The molecule has 2 rings (SSSR count). The third-order valence-electron chi connectivity index (χ3n) is 4.17. The largest absolute Gasteiger partial charge is 0.496 e. The van der Waals surface area contributed by atoms with Gasteiger partial charge in [-0.25, -0.2) is 0 Å². The van der Waals surface area contributed by atoms with E-state index < -0.39 is 10.2 Å². The van der Waals surface area contributed by atoms with Crippen molar-refractivity contribution in [2.45, 2.75) is 32.7 Å². The monoisotopic (exact) mass is 355 g/mol. The molecule has 0 bridgehead atoms. The Morgan fingerprint density at radius 2 is 1.83 bits per heavy atom. The molecular weight excluding hydrogens is 326 g/mol. The maximum Gasteiger partial charge on any atom is 0.279 e. The van der Waals surface area contributed by atoms with E-state index in [0.29, 0.717) is 13.1 Å². The molecule has 0 radical (unpaired) electrons. The van der Waals surface area contributed by atoms with Gasteiger partial charge in [0.25, 0.3) is 10.2 Å². The summed E-state index contributed by atoms with van der Waals surface area (Å²) in [5, 5.41) is 0. The number of rotatable bonds is 8. The van der Waals surface area contributed by atoms with E-state index in [4.69, 9.17) is 4.74 Å². The van der Waals surface area contributed by atoms with Crippen molar-refractivity contribution in [3.05, 3.63) is 29.8 Å². The number of hydrogen-bond acceptors (Lipinski definition) is 4. The van der Waals surface area contributed by atoms with Crippen molar-refractivity contribution in [1.82, 2.24) is 13.9 Å². The smallest absolute Gasteiger partial charge is 0.279 e. The van der Waals surface area contributed by atoms with E-state index in [0.717, 1.165) is 38.2 Å². The van der Waals surface area contributed by atoms with E-state index in [-0.39, 0.29) is 6.04 Å².